The van der Waals surface area contributed by atoms with Crippen LogP contribution < -0.4 is 16.0 Å². The lowest BCUT2D eigenvalue weighted by atomic mass is 10.0. The fourth-order valence-corrected chi connectivity index (χ4v) is 2.89. The number of carbonyl (C=O) groups is 2. The van der Waals surface area contributed by atoms with Gasteiger partial charge in [-0.25, -0.2) is 0 Å². The Bertz CT molecular complexity index is 1000. The van der Waals surface area contributed by atoms with Gasteiger partial charge in [0, 0.05) is 23.4 Å². The molecule has 0 heterocycles. The van der Waals surface area contributed by atoms with E-state index in [1.165, 1.54) is 0 Å². The zero-order valence-corrected chi connectivity index (χ0v) is 16.8. The van der Waals surface area contributed by atoms with Gasteiger partial charge in [-0.3, -0.25) is 9.59 Å². The summed E-state index contributed by atoms with van der Waals surface area (Å²) in [5.41, 5.74) is 4.13. The standard InChI is InChI=1S/C23H21N3O2S/c1-2-21(27)26-23(29)25-20-14-12-19(13-15-20)24-22(28)18-10-8-17(9-11-18)16-6-4-3-5-7-16/h3-15H,2H2,1H3,(H,24,28)(H2,25,26,27,29). The van der Waals surface area contributed by atoms with Gasteiger partial charge in [-0.2, -0.15) is 0 Å². The maximum absolute atomic E-state index is 12.5. The molecule has 0 aliphatic heterocycles. The molecule has 2 amide bonds. The molecule has 0 spiro atoms. The monoisotopic (exact) mass is 403 g/mol. The van der Waals surface area contributed by atoms with Crippen LogP contribution >= 0.6 is 12.2 Å². The van der Waals surface area contributed by atoms with Crippen LogP contribution in [0.25, 0.3) is 11.1 Å². The first-order chi connectivity index (χ1) is 14.0. The number of anilines is 2. The Balaban J connectivity index is 1.59. The molecule has 3 aromatic rings. The van der Waals surface area contributed by atoms with Gasteiger partial charge in [-0.1, -0.05) is 49.4 Å². The summed E-state index contributed by atoms with van der Waals surface area (Å²) in [4.78, 5) is 23.8. The van der Waals surface area contributed by atoms with E-state index in [0.717, 1.165) is 16.8 Å². The van der Waals surface area contributed by atoms with E-state index in [2.05, 4.69) is 16.0 Å². The molecule has 0 radical (unpaired) electrons. The lowest BCUT2D eigenvalue weighted by Crippen LogP contribution is -2.33. The molecular weight excluding hydrogens is 382 g/mol. The molecule has 0 saturated heterocycles. The number of carbonyl (C=O) groups excluding carboxylic acids is 2. The van der Waals surface area contributed by atoms with Gasteiger partial charge in [0.2, 0.25) is 5.91 Å². The van der Waals surface area contributed by atoms with E-state index in [-0.39, 0.29) is 16.9 Å². The van der Waals surface area contributed by atoms with Gasteiger partial charge in [0.05, 0.1) is 0 Å². The lowest BCUT2D eigenvalue weighted by Gasteiger charge is -2.10. The Labute approximate surface area is 175 Å². The van der Waals surface area contributed by atoms with Crippen LogP contribution in [0, 0.1) is 0 Å². The highest BCUT2D eigenvalue weighted by molar-refractivity contribution is 7.80. The van der Waals surface area contributed by atoms with Crippen LogP contribution in [0.3, 0.4) is 0 Å². The smallest absolute Gasteiger partial charge is 0.255 e. The maximum atomic E-state index is 12.5. The van der Waals surface area contributed by atoms with Gasteiger partial charge in [-0.15, -0.1) is 0 Å². The van der Waals surface area contributed by atoms with Crippen molar-refractivity contribution in [1.82, 2.24) is 5.32 Å². The van der Waals surface area contributed by atoms with Crippen LogP contribution in [0.1, 0.15) is 23.7 Å². The van der Waals surface area contributed by atoms with Gasteiger partial charge in [0.1, 0.15) is 0 Å². The topological polar surface area (TPSA) is 70.2 Å². The summed E-state index contributed by atoms with van der Waals surface area (Å²) in [5, 5.41) is 8.62. The van der Waals surface area contributed by atoms with Crippen LogP contribution in [0.2, 0.25) is 0 Å². The van der Waals surface area contributed by atoms with Crippen molar-refractivity contribution in [3.8, 4) is 11.1 Å². The van der Waals surface area contributed by atoms with Gasteiger partial charge in [0.15, 0.2) is 5.11 Å². The molecule has 3 rings (SSSR count). The summed E-state index contributed by atoms with van der Waals surface area (Å²) >= 11 is 5.08. The minimum atomic E-state index is -0.184. The molecule has 0 unspecified atom stereocenters. The van der Waals surface area contributed by atoms with E-state index >= 15 is 0 Å². The minimum Gasteiger partial charge on any atom is -0.332 e. The third kappa shape index (κ3) is 5.73. The first kappa shape index (κ1) is 20.2. The summed E-state index contributed by atoms with van der Waals surface area (Å²) in [7, 11) is 0. The van der Waals surface area contributed by atoms with E-state index in [1.54, 1.807) is 31.2 Å². The van der Waals surface area contributed by atoms with Crippen molar-refractivity contribution in [2.24, 2.45) is 0 Å². The molecule has 0 bridgehead atoms. The molecule has 0 saturated carbocycles. The first-order valence-electron chi connectivity index (χ1n) is 9.23. The first-order valence-corrected chi connectivity index (χ1v) is 9.63. The number of hydrogen-bond acceptors (Lipinski definition) is 3. The van der Waals surface area contributed by atoms with Gasteiger partial charge >= 0.3 is 0 Å². The zero-order chi connectivity index (χ0) is 20.6. The number of nitrogens with one attached hydrogen (secondary N) is 3. The summed E-state index contributed by atoms with van der Waals surface area (Å²) in [6, 6.07) is 24.6. The molecule has 146 valence electrons. The fourth-order valence-electron chi connectivity index (χ4n) is 2.66. The average Bonchev–Trinajstić information content (AvgIpc) is 2.75. The van der Waals surface area contributed by atoms with Crippen molar-refractivity contribution in [2.45, 2.75) is 13.3 Å². The number of benzene rings is 3. The van der Waals surface area contributed by atoms with Gasteiger partial charge < -0.3 is 16.0 Å². The highest BCUT2D eigenvalue weighted by Crippen LogP contribution is 2.20. The summed E-state index contributed by atoms with van der Waals surface area (Å²) < 4.78 is 0. The second kappa shape index (κ2) is 9.61. The van der Waals surface area contributed by atoms with Crippen molar-refractivity contribution >= 4 is 40.5 Å². The predicted molar refractivity (Wildman–Crippen MR) is 121 cm³/mol. The van der Waals surface area contributed by atoms with Crippen molar-refractivity contribution < 1.29 is 9.59 Å². The lowest BCUT2D eigenvalue weighted by molar-refractivity contribution is -0.119. The normalized spacial score (nSPS) is 10.1. The molecule has 3 N–H and O–H groups in total. The molecule has 3 aromatic carbocycles. The SMILES string of the molecule is CCC(=O)NC(=S)Nc1ccc(NC(=O)c2ccc(-c3ccccc3)cc2)cc1. The molecular formula is C23H21N3O2S. The molecule has 29 heavy (non-hydrogen) atoms. The summed E-state index contributed by atoms with van der Waals surface area (Å²) in [6.07, 6.45) is 0.360. The Morgan fingerprint density at radius 2 is 1.31 bits per heavy atom. The van der Waals surface area contributed by atoms with E-state index in [1.807, 2.05) is 54.6 Å². The fraction of sp³-hybridized carbons (Fsp3) is 0.0870. The number of hydrogen-bond donors (Lipinski definition) is 3. The third-order valence-corrected chi connectivity index (χ3v) is 4.43. The highest BCUT2D eigenvalue weighted by Gasteiger charge is 2.07. The van der Waals surface area contributed by atoms with Crippen LogP contribution in [-0.4, -0.2) is 16.9 Å². The average molecular weight is 404 g/mol. The molecule has 0 atom stereocenters. The van der Waals surface area contributed by atoms with Gasteiger partial charge in [-0.05, 0) is 59.7 Å². The summed E-state index contributed by atoms with van der Waals surface area (Å²) in [6.45, 7) is 1.75. The maximum Gasteiger partial charge on any atom is 0.255 e. The second-order valence-electron chi connectivity index (χ2n) is 6.33. The minimum absolute atomic E-state index is 0.148. The van der Waals surface area contributed by atoms with E-state index in [0.29, 0.717) is 17.7 Å². The Kier molecular flexibility index (Phi) is 6.71. The van der Waals surface area contributed by atoms with Crippen LogP contribution in [0.4, 0.5) is 11.4 Å². The second-order valence-corrected chi connectivity index (χ2v) is 6.74. The molecule has 0 aliphatic carbocycles. The molecule has 6 heteroatoms. The van der Waals surface area contributed by atoms with Crippen molar-refractivity contribution in [3.63, 3.8) is 0 Å². The van der Waals surface area contributed by atoms with Crippen molar-refractivity contribution in [3.05, 3.63) is 84.4 Å². The molecule has 0 aromatic heterocycles. The van der Waals surface area contributed by atoms with Crippen molar-refractivity contribution in [1.29, 1.82) is 0 Å². The van der Waals surface area contributed by atoms with E-state index < -0.39 is 0 Å². The van der Waals surface area contributed by atoms with Crippen LogP contribution in [-0.2, 0) is 4.79 Å². The van der Waals surface area contributed by atoms with Crippen LogP contribution in [0.15, 0.2) is 78.9 Å². The van der Waals surface area contributed by atoms with Gasteiger partial charge in [0.25, 0.3) is 5.91 Å². The van der Waals surface area contributed by atoms with E-state index in [4.69, 9.17) is 12.2 Å². The number of rotatable bonds is 5. The Morgan fingerprint density at radius 3 is 1.90 bits per heavy atom. The van der Waals surface area contributed by atoms with Crippen LogP contribution in [0.5, 0.6) is 0 Å². The molecule has 0 aliphatic rings. The zero-order valence-electron chi connectivity index (χ0n) is 15.9. The largest absolute Gasteiger partial charge is 0.332 e. The predicted octanol–water partition coefficient (Wildman–Crippen LogP) is 4.83. The quantitative estimate of drug-likeness (QED) is 0.534. The van der Waals surface area contributed by atoms with E-state index in [9.17, 15) is 9.59 Å². The molecule has 5 nitrogen and oxygen atoms in total. The molecule has 0 fully saturated rings. The highest BCUT2D eigenvalue weighted by atomic mass is 32.1. The number of amides is 2. The Morgan fingerprint density at radius 1 is 0.759 bits per heavy atom. The number of thiocarbonyl (C=S) groups is 1. The Hall–Kier alpha value is -3.51. The third-order valence-electron chi connectivity index (χ3n) is 4.23. The van der Waals surface area contributed by atoms with Crippen molar-refractivity contribution in [2.75, 3.05) is 10.6 Å². The summed E-state index contributed by atoms with van der Waals surface area (Å²) in [5.74, 6) is -0.333.